The van der Waals surface area contributed by atoms with Gasteiger partial charge in [-0.2, -0.15) is 0 Å². The first-order valence-corrected chi connectivity index (χ1v) is 6.07. The lowest BCUT2D eigenvalue weighted by molar-refractivity contribution is 0.685. The Morgan fingerprint density at radius 3 is 2.65 bits per heavy atom. The Bertz CT molecular complexity index is 335. The second kappa shape index (κ2) is 7.68. The number of benzene rings is 1. The maximum absolute atomic E-state index is 5.34. The monoisotopic (exact) mass is 234 g/mol. The van der Waals surface area contributed by atoms with E-state index in [0.717, 1.165) is 19.5 Å². The van der Waals surface area contributed by atoms with E-state index in [1.807, 2.05) is 13.0 Å². The van der Waals surface area contributed by atoms with Crippen molar-refractivity contribution in [3.63, 3.8) is 0 Å². The van der Waals surface area contributed by atoms with Gasteiger partial charge in [0.25, 0.3) is 0 Å². The van der Waals surface area contributed by atoms with E-state index in [4.69, 9.17) is 5.84 Å². The van der Waals surface area contributed by atoms with E-state index in [2.05, 4.69) is 46.9 Å². The van der Waals surface area contributed by atoms with Crippen LogP contribution >= 0.6 is 0 Å². The predicted octanol–water partition coefficient (Wildman–Crippen LogP) is 1.61. The molecule has 0 spiro atoms. The van der Waals surface area contributed by atoms with Crippen LogP contribution in [0.4, 0.5) is 0 Å². The van der Waals surface area contributed by atoms with Crippen LogP contribution in [0.5, 0.6) is 0 Å². The quantitative estimate of drug-likeness (QED) is 0.314. The fourth-order valence-electron chi connectivity index (χ4n) is 1.64. The zero-order valence-corrected chi connectivity index (χ0v) is 10.6. The van der Waals surface area contributed by atoms with Gasteiger partial charge in [-0.3, -0.25) is 10.4 Å². The number of aliphatic imine (C=N–C) groups is 1. The first kappa shape index (κ1) is 13.5. The fraction of sp³-hybridized carbons (Fsp3) is 0.462. The molecule has 0 bridgehead atoms. The Morgan fingerprint density at radius 2 is 2.06 bits per heavy atom. The van der Waals surface area contributed by atoms with Gasteiger partial charge in [0.2, 0.25) is 5.96 Å². The molecule has 94 valence electrons. The van der Waals surface area contributed by atoms with Crippen LogP contribution in [-0.4, -0.2) is 19.0 Å². The molecule has 0 radical (unpaired) electrons. The van der Waals surface area contributed by atoms with Crippen LogP contribution in [0, 0.1) is 0 Å². The molecule has 1 unspecified atom stereocenters. The number of rotatable bonds is 5. The van der Waals surface area contributed by atoms with Crippen molar-refractivity contribution in [1.29, 1.82) is 0 Å². The first-order chi connectivity index (χ1) is 8.27. The molecule has 0 fully saturated rings. The highest BCUT2D eigenvalue weighted by Gasteiger charge is 2.03. The van der Waals surface area contributed by atoms with Gasteiger partial charge in [-0.05, 0) is 24.8 Å². The van der Waals surface area contributed by atoms with Crippen molar-refractivity contribution in [2.45, 2.75) is 26.2 Å². The molecular weight excluding hydrogens is 212 g/mol. The molecule has 0 aromatic heterocycles. The van der Waals surface area contributed by atoms with Crippen LogP contribution in [0.1, 0.15) is 31.7 Å². The maximum atomic E-state index is 5.34. The van der Waals surface area contributed by atoms with Gasteiger partial charge in [0.1, 0.15) is 0 Å². The highest BCUT2D eigenvalue weighted by molar-refractivity contribution is 5.79. The number of nitrogens with two attached hydrogens (primary N) is 1. The van der Waals surface area contributed by atoms with Gasteiger partial charge in [0, 0.05) is 13.1 Å². The molecule has 1 aromatic rings. The van der Waals surface area contributed by atoms with Crippen molar-refractivity contribution in [1.82, 2.24) is 10.7 Å². The molecule has 0 saturated carbocycles. The summed E-state index contributed by atoms with van der Waals surface area (Å²) in [4.78, 5) is 4.37. The summed E-state index contributed by atoms with van der Waals surface area (Å²) >= 11 is 0. The average molecular weight is 234 g/mol. The van der Waals surface area contributed by atoms with E-state index >= 15 is 0 Å². The third-order valence-electron chi connectivity index (χ3n) is 2.68. The van der Waals surface area contributed by atoms with E-state index in [1.165, 1.54) is 5.56 Å². The number of nitrogens with zero attached hydrogens (tertiary/aromatic N) is 1. The number of hydrazine groups is 1. The van der Waals surface area contributed by atoms with E-state index in [1.54, 1.807) is 0 Å². The van der Waals surface area contributed by atoms with Crippen molar-refractivity contribution in [2.24, 2.45) is 10.8 Å². The minimum Gasteiger partial charge on any atom is -0.356 e. The summed E-state index contributed by atoms with van der Waals surface area (Å²) in [6, 6.07) is 10.5. The molecule has 4 N–H and O–H groups in total. The predicted molar refractivity (Wildman–Crippen MR) is 72.8 cm³/mol. The molecule has 1 rings (SSSR count). The Hall–Kier alpha value is -1.55. The van der Waals surface area contributed by atoms with Crippen molar-refractivity contribution in [3.05, 3.63) is 35.9 Å². The second-order valence-electron chi connectivity index (χ2n) is 4.01. The van der Waals surface area contributed by atoms with Gasteiger partial charge in [0.05, 0.1) is 0 Å². The van der Waals surface area contributed by atoms with Gasteiger partial charge in [-0.15, -0.1) is 0 Å². The van der Waals surface area contributed by atoms with Crippen molar-refractivity contribution in [3.8, 4) is 0 Å². The summed E-state index contributed by atoms with van der Waals surface area (Å²) < 4.78 is 0. The lowest BCUT2D eigenvalue weighted by atomic mass is 9.98. The Kier molecular flexibility index (Phi) is 6.10. The van der Waals surface area contributed by atoms with Crippen LogP contribution in [0.15, 0.2) is 35.3 Å². The summed E-state index contributed by atoms with van der Waals surface area (Å²) in [5.74, 6) is 6.52. The number of hydrogen-bond donors (Lipinski definition) is 3. The van der Waals surface area contributed by atoms with E-state index < -0.39 is 0 Å². The highest BCUT2D eigenvalue weighted by Crippen LogP contribution is 2.17. The van der Waals surface area contributed by atoms with E-state index in [-0.39, 0.29) is 0 Å². The Morgan fingerprint density at radius 1 is 1.35 bits per heavy atom. The Balaban J connectivity index is 2.40. The third kappa shape index (κ3) is 4.87. The van der Waals surface area contributed by atoms with Crippen LogP contribution in [-0.2, 0) is 0 Å². The van der Waals surface area contributed by atoms with Crippen LogP contribution in [0.3, 0.4) is 0 Å². The normalized spacial score (nSPS) is 13.2. The first-order valence-electron chi connectivity index (χ1n) is 6.07. The van der Waals surface area contributed by atoms with Gasteiger partial charge in [-0.1, -0.05) is 37.3 Å². The molecule has 1 aromatic carbocycles. The molecule has 0 aliphatic heterocycles. The molecule has 4 heteroatoms. The smallest absolute Gasteiger partial charge is 0.205 e. The van der Waals surface area contributed by atoms with Crippen molar-refractivity contribution >= 4 is 5.96 Å². The Labute approximate surface area is 103 Å². The lowest BCUT2D eigenvalue weighted by Crippen LogP contribution is -2.41. The molecular formula is C13H22N4. The lowest BCUT2D eigenvalue weighted by Gasteiger charge is -2.11. The summed E-state index contributed by atoms with van der Waals surface area (Å²) in [6.07, 6.45) is 1.01. The molecule has 1 atom stereocenters. The van der Waals surface area contributed by atoms with Gasteiger partial charge in [-0.25, -0.2) is 5.84 Å². The molecule has 0 aliphatic carbocycles. The van der Waals surface area contributed by atoms with Gasteiger partial charge < -0.3 is 5.32 Å². The van der Waals surface area contributed by atoms with Crippen LogP contribution < -0.4 is 16.6 Å². The minimum absolute atomic E-state index is 0.514. The van der Waals surface area contributed by atoms with Crippen molar-refractivity contribution < 1.29 is 0 Å². The summed E-state index contributed by atoms with van der Waals surface area (Å²) in [5.41, 5.74) is 3.91. The molecule has 17 heavy (non-hydrogen) atoms. The van der Waals surface area contributed by atoms with Crippen molar-refractivity contribution in [2.75, 3.05) is 13.1 Å². The van der Waals surface area contributed by atoms with Gasteiger partial charge in [0.15, 0.2) is 0 Å². The number of hydrogen-bond acceptors (Lipinski definition) is 2. The minimum atomic E-state index is 0.514. The average Bonchev–Trinajstić information content (AvgIpc) is 2.38. The number of nitrogens with one attached hydrogen (secondary N) is 2. The SMILES string of the molecule is CCNC(=NCCC(C)c1ccccc1)NN. The summed E-state index contributed by atoms with van der Waals surface area (Å²) in [5, 5.41) is 3.06. The zero-order chi connectivity index (χ0) is 12.5. The third-order valence-corrected chi connectivity index (χ3v) is 2.68. The molecule has 0 saturated heterocycles. The van der Waals surface area contributed by atoms with Gasteiger partial charge >= 0.3 is 0 Å². The van der Waals surface area contributed by atoms with E-state index in [9.17, 15) is 0 Å². The van der Waals surface area contributed by atoms with Crippen LogP contribution in [0.25, 0.3) is 0 Å². The standard InChI is InChI=1S/C13H22N4/c1-3-15-13(17-14)16-10-9-11(2)12-7-5-4-6-8-12/h4-8,11H,3,9-10,14H2,1-2H3,(H2,15,16,17). The second-order valence-corrected chi connectivity index (χ2v) is 4.01. The molecule has 0 aliphatic rings. The molecule has 4 nitrogen and oxygen atoms in total. The molecule has 0 amide bonds. The zero-order valence-electron chi connectivity index (χ0n) is 10.6. The summed E-state index contributed by atoms with van der Waals surface area (Å²) in [6.45, 7) is 5.81. The topological polar surface area (TPSA) is 62.4 Å². The summed E-state index contributed by atoms with van der Waals surface area (Å²) in [7, 11) is 0. The van der Waals surface area contributed by atoms with Crippen LogP contribution in [0.2, 0.25) is 0 Å². The molecule has 0 heterocycles. The number of guanidine groups is 1. The fourth-order valence-corrected chi connectivity index (χ4v) is 1.64. The van der Waals surface area contributed by atoms with E-state index in [0.29, 0.717) is 11.9 Å². The maximum Gasteiger partial charge on any atom is 0.205 e. The highest BCUT2D eigenvalue weighted by atomic mass is 15.3. The largest absolute Gasteiger partial charge is 0.356 e.